The van der Waals surface area contributed by atoms with Crippen LogP contribution in [0.5, 0.6) is 0 Å². The zero-order valence-electron chi connectivity index (χ0n) is 9.31. The van der Waals surface area contributed by atoms with Gasteiger partial charge in [-0.3, -0.25) is 4.90 Å². The van der Waals surface area contributed by atoms with Gasteiger partial charge >= 0.3 is 6.03 Å². The summed E-state index contributed by atoms with van der Waals surface area (Å²) in [4.78, 5) is 15.6. The van der Waals surface area contributed by atoms with Gasteiger partial charge in [-0.1, -0.05) is 15.9 Å². The molecule has 1 fully saturated rings. The van der Waals surface area contributed by atoms with Crippen molar-refractivity contribution in [3.63, 3.8) is 0 Å². The van der Waals surface area contributed by atoms with Gasteiger partial charge in [-0.05, 0) is 0 Å². The molecule has 18 heavy (non-hydrogen) atoms. The molecule has 5 atom stereocenters. The molecule has 0 aliphatic carbocycles. The fraction of sp³-hybridized carbons (Fsp3) is 0.778. The van der Waals surface area contributed by atoms with E-state index in [1.807, 2.05) is 0 Å². The van der Waals surface area contributed by atoms with E-state index in [1.165, 1.54) is 0 Å². The van der Waals surface area contributed by atoms with Crippen molar-refractivity contribution in [1.29, 1.82) is 0 Å². The summed E-state index contributed by atoms with van der Waals surface area (Å²) in [5, 5.41) is 28.5. The Morgan fingerprint density at radius 1 is 1.56 bits per heavy atom. The lowest BCUT2D eigenvalue weighted by Crippen LogP contribution is -2.56. The highest BCUT2D eigenvalue weighted by molar-refractivity contribution is 9.10. The largest absolute Gasteiger partial charge is 0.394 e. The van der Waals surface area contributed by atoms with Crippen molar-refractivity contribution in [2.75, 3.05) is 6.61 Å². The van der Waals surface area contributed by atoms with Gasteiger partial charge in [0.25, 0.3) is 0 Å². The van der Waals surface area contributed by atoms with Crippen LogP contribution in [-0.4, -0.2) is 68.2 Å². The zero-order chi connectivity index (χ0) is 13.4. The normalized spacial score (nSPS) is 41.1. The van der Waals surface area contributed by atoms with Gasteiger partial charge in [0.2, 0.25) is 0 Å². The number of urea groups is 1. The quantitative estimate of drug-likeness (QED) is 0.450. The number of amides is 2. The van der Waals surface area contributed by atoms with Gasteiger partial charge in [0.05, 0.1) is 12.7 Å². The summed E-state index contributed by atoms with van der Waals surface area (Å²) in [7, 11) is 0. The first-order chi connectivity index (χ1) is 8.45. The average molecular weight is 324 g/mol. The molecule has 0 spiro atoms. The topological polar surface area (TPSA) is 129 Å². The standard InChI is InChI=1S/C9H14BrN3O5/c10-6-7(11)12-9(17)13(8(6)16)5-1-3(15)4(2-14)18-5/h3-6,8,14-16H,1-2H2,(H2,11,12,17)/t3-,4+,5+,6+,8-/m0/s1. The summed E-state index contributed by atoms with van der Waals surface area (Å²) < 4.78 is 5.30. The summed E-state index contributed by atoms with van der Waals surface area (Å²) in [5.74, 6) is -0.0130. The van der Waals surface area contributed by atoms with E-state index in [-0.39, 0.29) is 18.9 Å². The third-order valence-electron chi connectivity index (χ3n) is 2.97. The first kappa shape index (κ1) is 13.7. The van der Waals surface area contributed by atoms with Gasteiger partial charge in [-0.2, -0.15) is 4.99 Å². The van der Waals surface area contributed by atoms with Crippen LogP contribution in [0.15, 0.2) is 4.99 Å². The van der Waals surface area contributed by atoms with Crippen LogP contribution in [0, 0.1) is 0 Å². The molecule has 0 bridgehead atoms. The second-order valence-corrected chi connectivity index (χ2v) is 5.14. The van der Waals surface area contributed by atoms with E-state index in [1.54, 1.807) is 0 Å². The van der Waals surface area contributed by atoms with Crippen LogP contribution in [0.1, 0.15) is 6.42 Å². The molecular formula is C9H14BrN3O5. The van der Waals surface area contributed by atoms with Crippen molar-refractivity contribution in [2.24, 2.45) is 10.7 Å². The molecule has 2 aliphatic rings. The van der Waals surface area contributed by atoms with Crippen LogP contribution in [0.4, 0.5) is 4.79 Å². The monoisotopic (exact) mass is 323 g/mol. The van der Waals surface area contributed by atoms with Crippen molar-refractivity contribution in [2.45, 2.75) is 35.9 Å². The van der Waals surface area contributed by atoms with Crippen LogP contribution < -0.4 is 5.73 Å². The van der Waals surface area contributed by atoms with Crippen molar-refractivity contribution >= 4 is 27.8 Å². The van der Waals surface area contributed by atoms with Crippen LogP contribution >= 0.6 is 15.9 Å². The smallest absolute Gasteiger partial charge is 0.349 e. The minimum atomic E-state index is -1.23. The molecule has 1 saturated heterocycles. The highest BCUT2D eigenvalue weighted by Gasteiger charge is 2.45. The summed E-state index contributed by atoms with van der Waals surface area (Å²) in [5.41, 5.74) is 5.47. The fourth-order valence-corrected chi connectivity index (χ4v) is 2.34. The first-order valence-corrected chi connectivity index (χ1v) is 6.30. The summed E-state index contributed by atoms with van der Waals surface area (Å²) >= 11 is 3.11. The number of amidine groups is 1. The van der Waals surface area contributed by atoms with Crippen LogP contribution in [0.2, 0.25) is 0 Å². The average Bonchev–Trinajstić information content (AvgIpc) is 2.67. The number of alkyl halides is 1. The number of rotatable bonds is 2. The lowest BCUT2D eigenvalue weighted by atomic mass is 10.1. The number of carbonyl (C=O) groups is 1. The third-order valence-corrected chi connectivity index (χ3v) is 3.91. The van der Waals surface area contributed by atoms with Crippen molar-refractivity contribution in [1.82, 2.24) is 4.90 Å². The van der Waals surface area contributed by atoms with Gasteiger partial charge < -0.3 is 25.8 Å². The number of ether oxygens (including phenoxy) is 1. The van der Waals surface area contributed by atoms with E-state index >= 15 is 0 Å². The van der Waals surface area contributed by atoms with E-state index < -0.39 is 35.5 Å². The Hall–Kier alpha value is -0.740. The number of hydrogen-bond acceptors (Lipinski definition) is 6. The SMILES string of the molecule is NC1=NC(=O)N([C@H]2C[C@H](O)[C@@H](CO)O2)[C@@H](O)[C@@H]1Br. The maximum absolute atomic E-state index is 11.7. The second kappa shape index (κ2) is 5.10. The molecule has 9 heteroatoms. The lowest BCUT2D eigenvalue weighted by molar-refractivity contribution is -0.106. The second-order valence-electron chi connectivity index (χ2n) is 4.16. The number of nitrogens with zero attached hydrogens (tertiary/aromatic N) is 2. The van der Waals surface area contributed by atoms with E-state index in [2.05, 4.69) is 20.9 Å². The highest BCUT2D eigenvalue weighted by atomic mass is 79.9. The molecule has 0 saturated carbocycles. The van der Waals surface area contributed by atoms with Crippen LogP contribution in [-0.2, 0) is 4.74 Å². The van der Waals surface area contributed by atoms with E-state index in [0.29, 0.717) is 0 Å². The molecule has 5 N–H and O–H groups in total. The van der Waals surface area contributed by atoms with E-state index in [9.17, 15) is 15.0 Å². The molecule has 8 nitrogen and oxygen atoms in total. The number of hydrogen-bond donors (Lipinski definition) is 4. The number of nitrogens with two attached hydrogens (primary N) is 1. The predicted octanol–water partition coefficient (Wildman–Crippen LogP) is -1.67. The van der Waals surface area contributed by atoms with Crippen LogP contribution in [0.3, 0.4) is 0 Å². The van der Waals surface area contributed by atoms with Gasteiger partial charge in [-0.25, -0.2) is 4.79 Å². The Morgan fingerprint density at radius 2 is 2.22 bits per heavy atom. The Morgan fingerprint density at radius 3 is 2.78 bits per heavy atom. The van der Waals surface area contributed by atoms with E-state index in [4.69, 9.17) is 15.6 Å². The molecule has 0 aromatic rings. The molecule has 0 unspecified atom stereocenters. The molecule has 2 heterocycles. The Kier molecular flexibility index (Phi) is 3.87. The lowest BCUT2D eigenvalue weighted by Gasteiger charge is -2.36. The van der Waals surface area contributed by atoms with Gasteiger partial charge in [0.15, 0.2) is 6.23 Å². The van der Waals surface area contributed by atoms with Crippen molar-refractivity contribution < 1.29 is 24.9 Å². The first-order valence-electron chi connectivity index (χ1n) is 5.38. The van der Waals surface area contributed by atoms with Crippen molar-refractivity contribution in [3.05, 3.63) is 0 Å². The molecule has 0 aromatic heterocycles. The van der Waals surface area contributed by atoms with Crippen LogP contribution in [0.25, 0.3) is 0 Å². The predicted molar refractivity (Wildman–Crippen MR) is 63.9 cm³/mol. The Balaban J connectivity index is 2.17. The molecule has 2 amide bonds. The maximum Gasteiger partial charge on any atom is 0.349 e. The molecule has 2 rings (SSSR count). The molecule has 2 aliphatic heterocycles. The fourth-order valence-electron chi connectivity index (χ4n) is 1.98. The molecular weight excluding hydrogens is 310 g/mol. The van der Waals surface area contributed by atoms with Crippen molar-refractivity contribution in [3.8, 4) is 0 Å². The minimum Gasteiger partial charge on any atom is -0.394 e. The van der Waals surface area contributed by atoms with Gasteiger partial charge in [-0.15, -0.1) is 0 Å². The zero-order valence-corrected chi connectivity index (χ0v) is 10.9. The molecule has 102 valence electrons. The number of aliphatic hydroxyl groups excluding tert-OH is 3. The third kappa shape index (κ3) is 2.24. The highest BCUT2D eigenvalue weighted by Crippen LogP contribution is 2.28. The molecule has 0 radical (unpaired) electrons. The Labute approximate surface area is 111 Å². The van der Waals surface area contributed by atoms with Gasteiger partial charge in [0, 0.05) is 6.42 Å². The number of aliphatic hydroxyl groups is 3. The molecule has 0 aromatic carbocycles. The van der Waals surface area contributed by atoms with Gasteiger partial charge in [0.1, 0.15) is 23.0 Å². The number of halogens is 1. The summed E-state index contributed by atoms with van der Waals surface area (Å²) in [6, 6.07) is -0.730. The maximum atomic E-state index is 11.7. The number of aliphatic imine (C=N–C) groups is 1. The summed E-state index contributed by atoms with van der Waals surface area (Å²) in [6.07, 6.45) is -3.63. The number of carbonyl (C=O) groups excluding carboxylic acids is 1. The minimum absolute atomic E-state index is 0.0130. The summed E-state index contributed by atoms with van der Waals surface area (Å²) in [6.45, 7) is -0.362. The van der Waals surface area contributed by atoms with E-state index in [0.717, 1.165) is 4.90 Å². The Bertz CT molecular complexity index is 379.